The molecule has 4 nitrogen and oxygen atoms in total. The van der Waals surface area contributed by atoms with Gasteiger partial charge in [0.05, 0.1) is 16.9 Å². The Balaban J connectivity index is 1.09. The van der Waals surface area contributed by atoms with Crippen LogP contribution in [-0.2, 0) is 9.84 Å². The molecule has 0 aliphatic rings. The Kier molecular flexibility index (Phi) is 8.96. The molecule has 10 aromatic carbocycles. The molecular weight excluding hydrogens is 745 g/mol. The maximum atomic E-state index is 13.2. The van der Waals surface area contributed by atoms with Crippen molar-refractivity contribution in [3.05, 3.63) is 200 Å². The third-order valence-corrected chi connectivity index (χ3v) is 13.1. The van der Waals surface area contributed by atoms with E-state index in [1.165, 1.54) is 49.0 Å². The summed E-state index contributed by atoms with van der Waals surface area (Å²) in [5, 5.41) is 9.46. The van der Waals surface area contributed by atoms with E-state index in [2.05, 4.69) is 121 Å². The molecule has 10 rings (SSSR count). The van der Waals surface area contributed by atoms with E-state index in [4.69, 9.17) is 9.47 Å². The minimum atomic E-state index is -3.64. The SMILES string of the molecule is COc1ccc(-c2c3ccccc3c(-c3c4ccccc4c(-c4ccc(Oc5ccc(S(=O)(=O)c6ccc(C)cc6)cc5)cc4)c4ccccc34)c3ccccc23)cc1. The highest BCUT2D eigenvalue weighted by molar-refractivity contribution is 7.91. The van der Waals surface area contributed by atoms with E-state index in [0.717, 1.165) is 38.8 Å². The summed E-state index contributed by atoms with van der Waals surface area (Å²) in [5.41, 5.74) is 8.01. The molecule has 0 amide bonds. The summed E-state index contributed by atoms with van der Waals surface area (Å²) in [4.78, 5) is 0.491. The number of ether oxygens (including phenoxy) is 2. The predicted molar refractivity (Wildman–Crippen MR) is 242 cm³/mol. The highest BCUT2D eigenvalue weighted by atomic mass is 32.2. The number of aryl methyl sites for hydroxylation is 1. The summed E-state index contributed by atoms with van der Waals surface area (Å²) in [7, 11) is -1.94. The van der Waals surface area contributed by atoms with Crippen LogP contribution in [0.4, 0.5) is 0 Å². The van der Waals surface area contributed by atoms with Gasteiger partial charge in [0, 0.05) is 0 Å². The minimum absolute atomic E-state index is 0.223. The third-order valence-electron chi connectivity index (χ3n) is 11.3. The molecule has 0 atom stereocenters. The summed E-state index contributed by atoms with van der Waals surface area (Å²) < 4.78 is 38.2. The van der Waals surface area contributed by atoms with Gasteiger partial charge in [-0.3, -0.25) is 0 Å². The van der Waals surface area contributed by atoms with Gasteiger partial charge in [0.1, 0.15) is 17.2 Å². The topological polar surface area (TPSA) is 52.6 Å². The van der Waals surface area contributed by atoms with Gasteiger partial charge in [-0.15, -0.1) is 0 Å². The number of hydrogen-bond donors (Lipinski definition) is 0. The zero-order valence-corrected chi connectivity index (χ0v) is 33.3. The van der Waals surface area contributed by atoms with Crippen molar-refractivity contribution >= 4 is 52.9 Å². The van der Waals surface area contributed by atoms with Crippen molar-refractivity contribution in [2.75, 3.05) is 7.11 Å². The van der Waals surface area contributed by atoms with Crippen molar-refractivity contribution in [3.8, 4) is 50.6 Å². The summed E-state index contributed by atoms with van der Waals surface area (Å²) in [6.45, 7) is 1.93. The van der Waals surface area contributed by atoms with Gasteiger partial charge in [0.15, 0.2) is 0 Å². The van der Waals surface area contributed by atoms with Gasteiger partial charge in [-0.25, -0.2) is 8.42 Å². The van der Waals surface area contributed by atoms with Gasteiger partial charge >= 0.3 is 0 Å². The normalized spacial score (nSPS) is 11.7. The first-order valence-corrected chi connectivity index (χ1v) is 21.1. The smallest absolute Gasteiger partial charge is 0.206 e. The average molecular weight is 783 g/mol. The van der Waals surface area contributed by atoms with Crippen LogP contribution in [0, 0.1) is 6.92 Å². The predicted octanol–water partition coefficient (Wildman–Crippen LogP) is 14.2. The number of hydrogen-bond acceptors (Lipinski definition) is 4. The second-order valence-electron chi connectivity index (χ2n) is 14.8. The van der Waals surface area contributed by atoms with Crippen molar-refractivity contribution in [1.82, 2.24) is 0 Å². The van der Waals surface area contributed by atoms with Crippen molar-refractivity contribution in [3.63, 3.8) is 0 Å². The molecule has 0 spiro atoms. The maximum absolute atomic E-state index is 13.2. The summed E-state index contributed by atoms with van der Waals surface area (Å²) >= 11 is 0. The van der Waals surface area contributed by atoms with Gasteiger partial charge in [0.2, 0.25) is 9.84 Å². The number of rotatable bonds is 8. The molecule has 0 N–H and O–H groups in total. The highest BCUT2D eigenvalue weighted by Gasteiger charge is 2.23. The summed E-state index contributed by atoms with van der Waals surface area (Å²) in [6.07, 6.45) is 0. The van der Waals surface area contributed by atoms with Crippen molar-refractivity contribution < 1.29 is 17.9 Å². The van der Waals surface area contributed by atoms with Crippen LogP contribution in [0.2, 0.25) is 0 Å². The molecule has 284 valence electrons. The van der Waals surface area contributed by atoms with Crippen molar-refractivity contribution in [2.45, 2.75) is 16.7 Å². The Morgan fingerprint density at radius 1 is 0.339 bits per heavy atom. The van der Waals surface area contributed by atoms with E-state index >= 15 is 0 Å². The van der Waals surface area contributed by atoms with Crippen LogP contribution in [0.5, 0.6) is 17.2 Å². The molecule has 59 heavy (non-hydrogen) atoms. The van der Waals surface area contributed by atoms with E-state index in [0.29, 0.717) is 11.5 Å². The lowest BCUT2D eigenvalue weighted by molar-refractivity contribution is 0.415. The van der Waals surface area contributed by atoms with E-state index in [9.17, 15) is 8.42 Å². The Hall–Kier alpha value is -7.21. The van der Waals surface area contributed by atoms with Crippen LogP contribution in [0.25, 0.3) is 76.5 Å². The van der Waals surface area contributed by atoms with Crippen LogP contribution in [0.15, 0.2) is 204 Å². The lowest BCUT2D eigenvalue weighted by Gasteiger charge is -2.22. The number of sulfone groups is 1. The largest absolute Gasteiger partial charge is 0.497 e. The van der Waals surface area contributed by atoms with Gasteiger partial charge in [-0.1, -0.05) is 139 Å². The Morgan fingerprint density at radius 3 is 0.966 bits per heavy atom. The van der Waals surface area contributed by atoms with Crippen molar-refractivity contribution in [1.29, 1.82) is 0 Å². The maximum Gasteiger partial charge on any atom is 0.206 e. The van der Waals surface area contributed by atoms with E-state index in [1.807, 2.05) is 31.2 Å². The third kappa shape index (κ3) is 6.28. The van der Waals surface area contributed by atoms with Gasteiger partial charge in [-0.05, 0) is 144 Å². The molecule has 10 aromatic rings. The molecule has 0 saturated heterocycles. The van der Waals surface area contributed by atoms with Gasteiger partial charge in [-0.2, -0.15) is 0 Å². The molecule has 0 aromatic heterocycles. The molecule has 0 aliphatic carbocycles. The molecule has 5 heteroatoms. The first-order valence-electron chi connectivity index (χ1n) is 19.6. The Labute approximate surface area is 343 Å². The second-order valence-corrected chi connectivity index (χ2v) is 16.8. The lowest BCUT2D eigenvalue weighted by atomic mass is 9.81. The van der Waals surface area contributed by atoms with Crippen LogP contribution in [0.1, 0.15) is 5.56 Å². The molecule has 0 aliphatic heterocycles. The van der Waals surface area contributed by atoms with Crippen LogP contribution in [-0.4, -0.2) is 15.5 Å². The molecule has 0 saturated carbocycles. The molecular formula is C54H38O4S. The number of benzene rings is 10. The zero-order valence-electron chi connectivity index (χ0n) is 32.5. The average Bonchev–Trinajstić information content (AvgIpc) is 3.28. The fraction of sp³-hybridized carbons (Fsp3) is 0.0370. The molecule has 0 unspecified atom stereocenters. The van der Waals surface area contributed by atoms with Gasteiger partial charge in [0.25, 0.3) is 0 Å². The highest BCUT2D eigenvalue weighted by Crippen LogP contribution is 2.50. The van der Waals surface area contributed by atoms with Crippen LogP contribution < -0.4 is 9.47 Å². The van der Waals surface area contributed by atoms with E-state index < -0.39 is 9.84 Å². The zero-order chi connectivity index (χ0) is 40.1. The monoisotopic (exact) mass is 782 g/mol. The second kappa shape index (κ2) is 14.6. The summed E-state index contributed by atoms with van der Waals surface area (Å²) in [6, 6.07) is 65.0. The fourth-order valence-electron chi connectivity index (χ4n) is 8.54. The summed E-state index contributed by atoms with van der Waals surface area (Å²) in [5.74, 6) is 2.04. The fourth-order valence-corrected chi connectivity index (χ4v) is 9.80. The van der Waals surface area contributed by atoms with E-state index in [-0.39, 0.29) is 9.79 Å². The first kappa shape index (κ1) is 36.2. The van der Waals surface area contributed by atoms with Crippen LogP contribution in [0.3, 0.4) is 0 Å². The van der Waals surface area contributed by atoms with E-state index in [1.54, 1.807) is 55.6 Å². The number of methoxy groups -OCH3 is 1. The Morgan fingerprint density at radius 2 is 0.627 bits per heavy atom. The quantitative estimate of drug-likeness (QED) is 0.144. The molecule has 0 bridgehead atoms. The molecule has 0 radical (unpaired) electrons. The molecule has 0 fully saturated rings. The standard InChI is InChI=1S/C54H38O4S/c1-35-19-31-41(32-20-35)59(55,56)42-33-29-40(30-34-42)58-39-27-23-37(24-28-39)52-45-13-5-9-17-49(45)54(50-18-10-6-14-46(50)52)53-47-15-7-3-11-43(47)51(44-12-4-8-16-48(44)53)36-21-25-38(57-2)26-22-36/h3-34H,1-2H3. The van der Waals surface area contributed by atoms with Crippen molar-refractivity contribution in [2.24, 2.45) is 0 Å². The Bertz CT molecular complexity index is 3200. The van der Waals surface area contributed by atoms with Crippen LogP contribution >= 0.6 is 0 Å². The van der Waals surface area contributed by atoms with Gasteiger partial charge < -0.3 is 9.47 Å². The molecule has 0 heterocycles. The lowest BCUT2D eigenvalue weighted by Crippen LogP contribution is -2.01. The number of fused-ring (bicyclic) bond motifs is 4. The first-order chi connectivity index (χ1) is 28.9. The minimum Gasteiger partial charge on any atom is -0.497 e.